The second-order valence-electron chi connectivity index (χ2n) is 6.41. The quantitative estimate of drug-likeness (QED) is 0.713. The number of nitrogens with one attached hydrogen (secondary N) is 1. The van der Waals surface area contributed by atoms with Crippen molar-refractivity contribution in [1.29, 1.82) is 0 Å². The zero-order valence-corrected chi connectivity index (χ0v) is 14.1. The molecule has 122 valence electrons. The fourth-order valence-corrected chi connectivity index (χ4v) is 3.63. The van der Waals surface area contributed by atoms with Crippen LogP contribution in [0.1, 0.15) is 34.8 Å². The van der Waals surface area contributed by atoms with E-state index in [4.69, 9.17) is 11.6 Å². The number of H-pyrrole nitrogens is 1. The number of aromatic nitrogens is 1. The van der Waals surface area contributed by atoms with Gasteiger partial charge in [0, 0.05) is 40.8 Å². The standard InChI is InChI=1S/C20H19ClN2O/c21-17-9-7-14(8-10-17)20(24)23-11-3-5-16(13-23)19-12-15-4-1-2-6-18(15)22-19/h1-2,4,6-10,12,16,22H,3,5,11,13H2. The van der Waals surface area contributed by atoms with E-state index in [1.54, 1.807) is 24.3 Å². The molecule has 1 fully saturated rings. The predicted molar refractivity (Wildman–Crippen MR) is 97.6 cm³/mol. The van der Waals surface area contributed by atoms with Gasteiger partial charge < -0.3 is 9.88 Å². The SMILES string of the molecule is O=C(c1ccc(Cl)cc1)N1CCCC(c2cc3ccccc3[nH]2)C1. The van der Waals surface area contributed by atoms with Gasteiger partial charge in [-0.3, -0.25) is 4.79 Å². The van der Waals surface area contributed by atoms with E-state index in [9.17, 15) is 4.79 Å². The summed E-state index contributed by atoms with van der Waals surface area (Å²) in [4.78, 5) is 18.2. The first-order chi connectivity index (χ1) is 11.7. The molecule has 1 atom stereocenters. The Morgan fingerprint density at radius 2 is 1.92 bits per heavy atom. The number of hydrogen-bond acceptors (Lipinski definition) is 1. The summed E-state index contributed by atoms with van der Waals surface area (Å²) in [6.45, 7) is 1.58. The average molecular weight is 339 g/mol. The average Bonchev–Trinajstić information content (AvgIpc) is 3.06. The number of carbonyl (C=O) groups is 1. The molecule has 0 aliphatic carbocycles. The molecular weight excluding hydrogens is 320 g/mol. The smallest absolute Gasteiger partial charge is 0.253 e. The topological polar surface area (TPSA) is 36.1 Å². The summed E-state index contributed by atoms with van der Waals surface area (Å²) in [5.41, 5.74) is 3.09. The summed E-state index contributed by atoms with van der Waals surface area (Å²) >= 11 is 5.91. The molecule has 1 unspecified atom stereocenters. The lowest BCUT2D eigenvalue weighted by atomic mass is 9.94. The molecule has 1 N–H and O–H groups in total. The van der Waals surface area contributed by atoms with Crippen LogP contribution in [0.2, 0.25) is 5.02 Å². The number of para-hydroxylation sites is 1. The number of nitrogens with zero attached hydrogens (tertiary/aromatic N) is 1. The zero-order chi connectivity index (χ0) is 16.5. The van der Waals surface area contributed by atoms with Gasteiger partial charge in [-0.25, -0.2) is 0 Å². The maximum absolute atomic E-state index is 12.7. The minimum absolute atomic E-state index is 0.0903. The van der Waals surface area contributed by atoms with Crippen LogP contribution in [-0.2, 0) is 0 Å². The Morgan fingerprint density at radius 1 is 1.12 bits per heavy atom. The molecule has 3 nitrogen and oxygen atoms in total. The number of benzene rings is 2. The molecule has 1 amide bonds. The van der Waals surface area contributed by atoms with E-state index in [0.29, 0.717) is 16.5 Å². The molecule has 0 radical (unpaired) electrons. The third-order valence-electron chi connectivity index (χ3n) is 4.79. The van der Waals surface area contributed by atoms with Crippen LogP contribution in [0.25, 0.3) is 10.9 Å². The van der Waals surface area contributed by atoms with Crippen molar-refractivity contribution in [3.05, 3.63) is 70.9 Å². The molecule has 0 saturated carbocycles. The van der Waals surface area contributed by atoms with Crippen molar-refractivity contribution in [1.82, 2.24) is 9.88 Å². The first-order valence-corrected chi connectivity index (χ1v) is 8.71. The largest absolute Gasteiger partial charge is 0.358 e. The molecule has 0 bridgehead atoms. The summed E-state index contributed by atoms with van der Waals surface area (Å²) in [6, 6.07) is 17.7. The van der Waals surface area contributed by atoms with Gasteiger partial charge in [0.25, 0.3) is 5.91 Å². The Bertz CT molecular complexity index is 836. The van der Waals surface area contributed by atoms with Crippen LogP contribution in [0, 0.1) is 0 Å². The number of likely N-dealkylation sites (tertiary alicyclic amines) is 1. The fraction of sp³-hybridized carbons (Fsp3) is 0.250. The Hall–Kier alpha value is -2.26. The van der Waals surface area contributed by atoms with Crippen molar-refractivity contribution in [2.45, 2.75) is 18.8 Å². The number of amides is 1. The van der Waals surface area contributed by atoms with E-state index in [1.807, 2.05) is 11.0 Å². The lowest BCUT2D eigenvalue weighted by Crippen LogP contribution is -2.39. The number of hydrogen-bond donors (Lipinski definition) is 1. The van der Waals surface area contributed by atoms with Gasteiger partial charge in [0.05, 0.1) is 0 Å². The highest BCUT2D eigenvalue weighted by Gasteiger charge is 2.26. The highest BCUT2D eigenvalue weighted by atomic mass is 35.5. The van der Waals surface area contributed by atoms with Crippen molar-refractivity contribution in [3.63, 3.8) is 0 Å². The van der Waals surface area contributed by atoms with Gasteiger partial charge in [-0.15, -0.1) is 0 Å². The second-order valence-corrected chi connectivity index (χ2v) is 6.85. The fourth-order valence-electron chi connectivity index (χ4n) is 3.51. The number of carbonyl (C=O) groups excluding carboxylic acids is 1. The van der Waals surface area contributed by atoms with E-state index in [0.717, 1.165) is 31.4 Å². The number of aromatic amines is 1. The summed E-state index contributed by atoms with van der Waals surface area (Å²) in [5.74, 6) is 0.454. The second kappa shape index (κ2) is 6.33. The van der Waals surface area contributed by atoms with Crippen LogP contribution in [-0.4, -0.2) is 28.9 Å². The first-order valence-electron chi connectivity index (χ1n) is 8.33. The molecular formula is C20H19ClN2O. The number of piperidine rings is 1. The lowest BCUT2D eigenvalue weighted by Gasteiger charge is -2.32. The molecule has 24 heavy (non-hydrogen) atoms. The van der Waals surface area contributed by atoms with Crippen molar-refractivity contribution >= 4 is 28.4 Å². The number of fused-ring (bicyclic) bond motifs is 1. The van der Waals surface area contributed by atoms with Crippen LogP contribution >= 0.6 is 11.6 Å². The van der Waals surface area contributed by atoms with Gasteiger partial charge in [-0.2, -0.15) is 0 Å². The van der Waals surface area contributed by atoms with Crippen molar-refractivity contribution in [3.8, 4) is 0 Å². The Morgan fingerprint density at radius 3 is 2.71 bits per heavy atom. The molecule has 0 spiro atoms. The monoisotopic (exact) mass is 338 g/mol. The molecule has 2 heterocycles. The van der Waals surface area contributed by atoms with Gasteiger partial charge in [-0.1, -0.05) is 29.8 Å². The van der Waals surface area contributed by atoms with Gasteiger partial charge in [0.2, 0.25) is 0 Å². The predicted octanol–water partition coefficient (Wildman–Crippen LogP) is 4.84. The summed E-state index contributed by atoms with van der Waals surface area (Å²) < 4.78 is 0. The molecule has 1 aliphatic heterocycles. The van der Waals surface area contributed by atoms with Crippen LogP contribution in [0.15, 0.2) is 54.6 Å². The molecule has 1 aromatic heterocycles. The first kappa shape index (κ1) is 15.3. The molecule has 3 aromatic rings. The molecule has 2 aromatic carbocycles. The molecule has 1 saturated heterocycles. The summed E-state index contributed by atoms with van der Waals surface area (Å²) in [6.07, 6.45) is 2.14. The number of halogens is 1. The third-order valence-corrected chi connectivity index (χ3v) is 5.04. The minimum atomic E-state index is 0.0903. The maximum atomic E-state index is 12.7. The van der Waals surface area contributed by atoms with E-state index in [1.165, 1.54) is 11.1 Å². The summed E-state index contributed by atoms with van der Waals surface area (Å²) in [7, 11) is 0. The van der Waals surface area contributed by atoms with Crippen LogP contribution in [0.4, 0.5) is 0 Å². The van der Waals surface area contributed by atoms with Gasteiger partial charge >= 0.3 is 0 Å². The lowest BCUT2D eigenvalue weighted by molar-refractivity contribution is 0.0706. The minimum Gasteiger partial charge on any atom is -0.358 e. The van der Waals surface area contributed by atoms with E-state index < -0.39 is 0 Å². The van der Waals surface area contributed by atoms with Crippen LogP contribution in [0.3, 0.4) is 0 Å². The van der Waals surface area contributed by atoms with Crippen molar-refractivity contribution in [2.24, 2.45) is 0 Å². The zero-order valence-electron chi connectivity index (χ0n) is 13.3. The normalized spacial score (nSPS) is 18.0. The third kappa shape index (κ3) is 2.92. The van der Waals surface area contributed by atoms with Crippen molar-refractivity contribution < 1.29 is 4.79 Å². The Labute approximate surface area is 146 Å². The van der Waals surface area contributed by atoms with Crippen LogP contribution < -0.4 is 0 Å². The molecule has 4 heteroatoms. The number of rotatable bonds is 2. The highest BCUT2D eigenvalue weighted by Crippen LogP contribution is 2.29. The van der Waals surface area contributed by atoms with Crippen molar-refractivity contribution in [2.75, 3.05) is 13.1 Å². The van der Waals surface area contributed by atoms with Gasteiger partial charge in [0.15, 0.2) is 0 Å². The van der Waals surface area contributed by atoms with Crippen LogP contribution in [0.5, 0.6) is 0 Å². The Balaban J connectivity index is 1.54. The molecule has 1 aliphatic rings. The Kier molecular flexibility index (Phi) is 4.03. The summed E-state index contributed by atoms with van der Waals surface area (Å²) in [5, 5.41) is 1.88. The van der Waals surface area contributed by atoms with E-state index >= 15 is 0 Å². The maximum Gasteiger partial charge on any atom is 0.253 e. The van der Waals surface area contributed by atoms with E-state index in [2.05, 4.69) is 29.2 Å². The van der Waals surface area contributed by atoms with Gasteiger partial charge in [-0.05, 0) is 54.6 Å². The highest BCUT2D eigenvalue weighted by molar-refractivity contribution is 6.30. The van der Waals surface area contributed by atoms with E-state index in [-0.39, 0.29) is 5.91 Å². The van der Waals surface area contributed by atoms with Gasteiger partial charge in [0.1, 0.15) is 0 Å². The molecule has 4 rings (SSSR count).